The Balaban J connectivity index is 1.55. The fraction of sp³-hybridized carbons (Fsp3) is 0.227. The number of amides is 1. The summed E-state index contributed by atoms with van der Waals surface area (Å²) in [5, 5.41) is 11.2. The van der Waals surface area contributed by atoms with Crippen molar-refractivity contribution in [2.24, 2.45) is 4.99 Å². The maximum absolute atomic E-state index is 12.9. The van der Waals surface area contributed by atoms with Crippen LogP contribution >= 0.6 is 0 Å². The second kappa shape index (κ2) is 8.28. The fourth-order valence-electron chi connectivity index (χ4n) is 3.25. The van der Waals surface area contributed by atoms with Crippen molar-refractivity contribution in [1.29, 1.82) is 0 Å². The molecule has 0 radical (unpaired) electrons. The zero-order valence-electron chi connectivity index (χ0n) is 17.0. The highest BCUT2D eigenvalue weighted by atomic mass is 16.1. The Bertz CT molecular complexity index is 1150. The number of aryl methyl sites for hydroxylation is 1. The highest BCUT2D eigenvalue weighted by molar-refractivity contribution is 6.48. The van der Waals surface area contributed by atoms with Crippen LogP contribution in [-0.2, 0) is 4.79 Å². The summed E-state index contributed by atoms with van der Waals surface area (Å²) in [5.41, 5.74) is 2.57. The van der Waals surface area contributed by atoms with Gasteiger partial charge in [-0.3, -0.25) is 9.79 Å². The Morgan fingerprint density at radius 2 is 2.20 bits per heavy atom. The molecule has 2 heterocycles. The van der Waals surface area contributed by atoms with Crippen molar-refractivity contribution in [3.63, 3.8) is 0 Å². The van der Waals surface area contributed by atoms with E-state index < -0.39 is 0 Å². The van der Waals surface area contributed by atoms with Crippen LogP contribution in [0.2, 0.25) is 0 Å². The van der Waals surface area contributed by atoms with E-state index in [0.717, 1.165) is 30.1 Å². The number of nitrogens with zero attached hydrogens (tertiary/aromatic N) is 6. The predicted octanol–water partition coefficient (Wildman–Crippen LogP) is 3.52. The van der Waals surface area contributed by atoms with Crippen LogP contribution in [0.1, 0.15) is 24.7 Å². The van der Waals surface area contributed by atoms with Crippen molar-refractivity contribution in [2.45, 2.75) is 25.8 Å². The van der Waals surface area contributed by atoms with Gasteiger partial charge in [-0.1, -0.05) is 18.7 Å². The third-order valence-electron chi connectivity index (χ3n) is 4.96. The Morgan fingerprint density at radius 3 is 2.87 bits per heavy atom. The van der Waals surface area contributed by atoms with Crippen LogP contribution < -0.4 is 5.32 Å². The summed E-state index contributed by atoms with van der Waals surface area (Å²) in [7, 11) is 1.58. The van der Waals surface area contributed by atoms with Crippen molar-refractivity contribution in [3.8, 4) is 11.4 Å². The minimum atomic E-state index is -0.310. The van der Waals surface area contributed by atoms with Crippen molar-refractivity contribution in [1.82, 2.24) is 24.3 Å². The molecule has 1 fully saturated rings. The number of rotatable bonds is 7. The maximum Gasteiger partial charge on any atom is 0.273 e. The first-order chi connectivity index (χ1) is 14.6. The van der Waals surface area contributed by atoms with Gasteiger partial charge in [0, 0.05) is 42.4 Å². The number of hydrogen-bond acceptors (Lipinski definition) is 5. The Morgan fingerprint density at radius 1 is 1.37 bits per heavy atom. The normalized spacial score (nSPS) is 14.6. The number of carbonyl (C=O) groups excluding carboxylic acids is 1. The largest absolute Gasteiger partial charge is 0.321 e. The van der Waals surface area contributed by atoms with Gasteiger partial charge in [-0.15, -0.1) is 10.2 Å². The average Bonchev–Trinajstić information content (AvgIpc) is 3.32. The minimum Gasteiger partial charge on any atom is -0.321 e. The Hall–Kier alpha value is -3.81. The molecule has 1 aliphatic carbocycles. The molecule has 0 spiro atoms. The molecule has 0 aliphatic heterocycles. The molecule has 3 aromatic rings. The van der Waals surface area contributed by atoms with Crippen molar-refractivity contribution in [2.75, 3.05) is 12.4 Å². The lowest BCUT2D eigenvalue weighted by Crippen LogP contribution is -2.22. The van der Waals surface area contributed by atoms with Crippen LogP contribution in [0.5, 0.6) is 0 Å². The van der Waals surface area contributed by atoms with Crippen LogP contribution in [-0.4, -0.2) is 43.0 Å². The molecule has 0 unspecified atom stereocenters. The van der Waals surface area contributed by atoms with Crippen molar-refractivity contribution in [3.05, 3.63) is 67.5 Å². The standard InChI is InChI=1S/C22H23N7O/c1-4-18(28-11-10-24-15(28)2)13-20(23-3)22(30)26-17-7-5-6-16(12-17)21-27-25-14-29(21)19-8-9-19/h4-7,10-14,19H,1,8-9H2,2-3H3,(H,26,30)/b18-13+,23-20+. The van der Waals surface area contributed by atoms with Crippen LogP contribution in [0.4, 0.5) is 5.69 Å². The molecular weight excluding hydrogens is 378 g/mol. The van der Waals surface area contributed by atoms with Gasteiger partial charge in [0.2, 0.25) is 0 Å². The van der Waals surface area contributed by atoms with Gasteiger partial charge in [-0.05, 0) is 44.1 Å². The predicted molar refractivity (Wildman–Crippen MR) is 117 cm³/mol. The summed E-state index contributed by atoms with van der Waals surface area (Å²) in [6.45, 7) is 5.72. The number of benzene rings is 1. The lowest BCUT2D eigenvalue weighted by atomic mass is 10.1. The second-order valence-corrected chi connectivity index (χ2v) is 7.05. The van der Waals surface area contributed by atoms with Gasteiger partial charge in [0.15, 0.2) is 5.82 Å². The van der Waals surface area contributed by atoms with E-state index in [1.165, 1.54) is 0 Å². The zero-order valence-corrected chi connectivity index (χ0v) is 17.0. The van der Waals surface area contributed by atoms with Gasteiger partial charge in [0.1, 0.15) is 17.9 Å². The first-order valence-corrected chi connectivity index (χ1v) is 9.73. The summed E-state index contributed by atoms with van der Waals surface area (Å²) < 4.78 is 3.93. The number of nitrogens with one attached hydrogen (secondary N) is 1. The van der Waals surface area contributed by atoms with Gasteiger partial charge in [-0.2, -0.15) is 0 Å². The number of aliphatic imine (C=N–C) groups is 1. The summed E-state index contributed by atoms with van der Waals surface area (Å²) in [6, 6.07) is 8.06. The fourth-order valence-corrected chi connectivity index (χ4v) is 3.25. The Kier molecular flexibility index (Phi) is 5.38. The van der Waals surface area contributed by atoms with Crippen LogP contribution in [0.15, 0.2) is 66.7 Å². The quantitative estimate of drug-likeness (QED) is 0.484. The number of aromatic nitrogens is 5. The van der Waals surface area contributed by atoms with E-state index in [0.29, 0.717) is 17.4 Å². The van der Waals surface area contributed by atoms with Crippen LogP contribution in [0.25, 0.3) is 17.1 Å². The molecule has 4 rings (SSSR count). The summed E-state index contributed by atoms with van der Waals surface area (Å²) in [6.07, 6.45) is 10.9. The Labute approximate surface area is 174 Å². The first-order valence-electron chi connectivity index (χ1n) is 9.73. The third kappa shape index (κ3) is 3.98. The molecule has 0 bridgehead atoms. The summed E-state index contributed by atoms with van der Waals surface area (Å²) >= 11 is 0. The van der Waals surface area contributed by atoms with E-state index in [1.807, 2.05) is 42.0 Å². The van der Waals surface area contributed by atoms with E-state index in [1.54, 1.807) is 31.7 Å². The molecule has 152 valence electrons. The van der Waals surface area contributed by atoms with Crippen LogP contribution in [0.3, 0.4) is 0 Å². The number of imidazole rings is 1. The average molecular weight is 401 g/mol. The molecule has 1 saturated carbocycles. The monoisotopic (exact) mass is 401 g/mol. The molecule has 1 N–H and O–H groups in total. The molecule has 30 heavy (non-hydrogen) atoms. The van der Waals surface area contributed by atoms with E-state index in [4.69, 9.17) is 0 Å². The number of allylic oxidation sites excluding steroid dienone is 2. The number of hydrogen-bond donors (Lipinski definition) is 1. The lowest BCUT2D eigenvalue weighted by Gasteiger charge is -2.10. The van der Waals surface area contributed by atoms with Gasteiger partial charge in [-0.25, -0.2) is 4.98 Å². The molecule has 1 aromatic carbocycles. The van der Waals surface area contributed by atoms with Gasteiger partial charge in [0.25, 0.3) is 5.91 Å². The SMILES string of the molecule is C=C/C(=C\C(=N/C)C(=O)Nc1cccc(-c2nncn2C2CC2)c1)n1ccnc1C. The molecular formula is C22H23N7O. The number of anilines is 1. The molecule has 8 heteroatoms. The highest BCUT2D eigenvalue weighted by Gasteiger charge is 2.26. The molecule has 0 saturated heterocycles. The van der Waals surface area contributed by atoms with Crippen molar-refractivity contribution >= 4 is 23.0 Å². The van der Waals surface area contributed by atoms with E-state index >= 15 is 0 Å². The number of carbonyl (C=O) groups is 1. The third-order valence-corrected chi connectivity index (χ3v) is 4.96. The first kappa shape index (κ1) is 19.5. The van der Waals surface area contributed by atoms with Crippen molar-refractivity contribution < 1.29 is 4.79 Å². The second-order valence-electron chi connectivity index (χ2n) is 7.05. The molecule has 8 nitrogen and oxygen atoms in total. The smallest absolute Gasteiger partial charge is 0.273 e. The summed E-state index contributed by atoms with van der Waals surface area (Å²) in [4.78, 5) is 21.2. The molecule has 1 amide bonds. The van der Waals surface area contributed by atoms with E-state index in [-0.39, 0.29) is 11.6 Å². The van der Waals surface area contributed by atoms with Gasteiger partial charge >= 0.3 is 0 Å². The molecule has 1 aliphatic rings. The molecule has 0 atom stereocenters. The molecule has 2 aromatic heterocycles. The van der Waals surface area contributed by atoms with Gasteiger partial charge < -0.3 is 14.5 Å². The topological polar surface area (TPSA) is 90.0 Å². The highest BCUT2D eigenvalue weighted by Crippen LogP contribution is 2.37. The lowest BCUT2D eigenvalue weighted by molar-refractivity contribution is -0.110. The van der Waals surface area contributed by atoms with Crippen LogP contribution in [0, 0.1) is 6.92 Å². The summed E-state index contributed by atoms with van der Waals surface area (Å²) in [5.74, 6) is 1.29. The maximum atomic E-state index is 12.9. The zero-order chi connectivity index (χ0) is 21.1. The van der Waals surface area contributed by atoms with E-state index in [9.17, 15) is 4.79 Å². The van der Waals surface area contributed by atoms with E-state index in [2.05, 4.69) is 36.6 Å². The van der Waals surface area contributed by atoms with Gasteiger partial charge in [0.05, 0.1) is 0 Å². The minimum absolute atomic E-state index is 0.282.